The number of cyclic esters (lactones) is 1. The molecule has 0 bridgehead atoms. The molecule has 21 heavy (non-hydrogen) atoms. The molecule has 2 unspecified atom stereocenters. The summed E-state index contributed by atoms with van der Waals surface area (Å²) in [7, 11) is 0. The van der Waals surface area contributed by atoms with Gasteiger partial charge in [0, 0.05) is 17.4 Å². The molecule has 3 amide bonds. The van der Waals surface area contributed by atoms with E-state index in [0.717, 1.165) is 24.1 Å². The molecule has 0 aromatic heterocycles. The van der Waals surface area contributed by atoms with Gasteiger partial charge in [-0.3, -0.25) is 14.5 Å². The lowest BCUT2D eigenvalue weighted by Gasteiger charge is -2.17. The molecule has 2 aliphatic heterocycles. The summed E-state index contributed by atoms with van der Waals surface area (Å²) in [6, 6.07) is 5.47. The van der Waals surface area contributed by atoms with E-state index >= 15 is 0 Å². The van der Waals surface area contributed by atoms with Crippen LogP contribution in [-0.2, 0) is 20.7 Å². The molecular weight excluding hydrogens is 274 g/mol. The molecule has 0 radical (unpaired) electrons. The molecule has 2 aliphatic rings. The molecule has 110 valence electrons. The first-order valence-electron chi connectivity index (χ1n) is 6.65. The average molecular weight is 289 g/mol. The molecule has 7 nitrogen and oxygen atoms in total. The van der Waals surface area contributed by atoms with Crippen molar-refractivity contribution in [1.82, 2.24) is 0 Å². The zero-order valence-corrected chi connectivity index (χ0v) is 11.5. The van der Waals surface area contributed by atoms with Crippen molar-refractivity contribution in [3.8, 4) is 0 Å². The van der Waals surface area contributed by atoms with Crippen molar-refractivity contribution in [2.24, 2.45) is 5.73 Å². The smallest absolute Gasteiger partial charge is 0.415 e. The van der Waals surface area contributed by atoms with Crippen LogP contribution in [0.2, 0.25) is 0 Å². The van der Waals surface area contributed by atoms with E-state index in [1.165, 1.54) is 4.90 Å². The fraction of sp³-hybridized carbons (Fsp3) is 0.357. The lowest BCUT2D eigenvalue weighted by atomic mass is 10.1. The minimum absolute atomic E-state index is 0.0941. The number of hydrogen-bond donors (Lipinski definition) is 1. The molecule has 1 aromatic carbocycles. The second-order valence-electron chi connectivity index (χ2n) is 5.26. The Morgan fingerprint density at radius 1 is 1.48 bits per heavy atom. The predicted octanol–water partition coefficient (Wildman–Crippen LogP) is 0.404. The zero-order valence-electron chi connectivity index (χ0n) is 11.5. The number of rotatable bonds is 3. The number of fused-ring (bicyclic) bond motifs is 1. The number of primary amides is 1. The van der Waals surface area contributed by atoms with Crippen molar-refractivity contribution in [2.45, 2.75) is 25.5 Å². The van der Waals surface area contributed by atoms with Crippen LogP contribution in [0.1, 0.15) is 12.5 Å². The molecule has 0 saturated carbocycles. The van der Waals surface area contributed by atoms with Crippen LogP contribution in [0.25, 0.3) is 0 Å². The standard InChI is InChI=1S/C14H15N3O4/c1-8-4-9-5-10(2-3-11(9)17(8)7-18)16-6-12(13(15)19)21-14(16)20/h2-3,5,7-8,12H,4,6H2,1H3,(H2,15,19). The minimum Gasteiger partial charge on any atom is -0.434 e. The second kappa shape index (κ2) is 4.76. The van der Waals surface area contributed by atoms with E-state index in [1.807, 2.05) is 13.0 Å². The third kappa shape index (κ3) is 2.10. The summed E-state index contributed by atoms with van der Waals surface area (Å²) in [6.45, 7) is 2.07. The van der Waals surface area contributed by atoms with Crippen LogP contribution in [0.5, 0.6) is 0 Å². The fourth-order valence-electron chi connectivity index (χ4n) is 2.79. The van der Waals surface area contributed by atoms with Crippen molar-refractivity contribution < 1.29 is 19.1 Å². The topological polar surface area (TPSA) is 92.9 Å². The highest BCUT2D eigenvalue weighted by Gasteiger charge is 2.36. The lowest BCUT2D eigenvalue weighted by Crippen LogP contribution is -2.32. The van der Waals surface area contributed by atoms with Gasteiger partial charge in [0.05, 0.1) is 6.54 Å². The van der Waals surface area contributed by atoms with Gasteiger partial charge in [-0.2, -0.15) is 0 Å². The molecule has 2 atom stereocenters. The maximum atomic E-state index is 11.8. The van der Waals surface area contributed by atoms with Crippen LogP contribution >= 0.6 is 0 Å². The van der Waals surface area contributed by atoms with Crippen LogP contribution in [0.3, 0.4) is 0 Å². The molecule has 2 N–H and O–H groups in total. The van der Waals surface area contributed by atoms with Gasteiger partial charge in [-0.15, -0.1) is 0 Å². The predicted molar refractivity (Wildman–Crippen MR) is 75.0 cm³/mol. The van der Waals surface area contributed by atoms with Crippen molar-refractivity contribution >= 4 is 29.8 Å². The Kier molecular flexibility index (Phi) is 3.04. The largest absolute Gasteiger partial charge is 0.434 e. The highest BCUT2D eigenvalue weighted by Crippen LogP contribution is 2.34. The van der Waals surface area contributed by atoms with E-state index in [2.05, 4.69) is 0 Å². The molecule has 3 rings (SSSR count). The quantitative estimate of drug-likeness (QED) is 0.815. The van der Waals surface area contributed by atoms with E-state index in [9.17, 15) is 14.4 Å². The second-order valence-corrected chi connectivity index (χ2v) is 5.26. The summed E-state index contributed by atoms with van der Waals surface area (Å²) in [6.07, 6.45) is 0.0289. The highest BCUT2D eigenvalue weighted by molar-refractivity contribution is 5.95. The normalized spacial score (nSPS) is 24.0. The van der Waals surface area contributed by atoms with E-state index in [1.54, 1.807) is 17.0 Å². The lowest BCUT2D eigenvalue weighted by molar-refractivity contribution is -0.124. The number of anilines is 2. The highest BCUT2D eigenvalue weighted by atomic mass is 16.6. The first-order chi connectivity index (χ1) is 10.0. The Bertz CT molecular complexity index is 631. The number of carbonyl (C=O) groups excluding carboxylic acids is 3. The Hall–Kier alpha value is -2.57. The number of ether oxygens (including phenoxy) is 1. The summed E-state index contributed by atoms with van der Waals surface area (Å²) in [5.74, 6) is -0.659. The van der Waals surface area contributed by atoms with Crippen LogP contribution < -0.4 is 15.5 Å². The molecule has 0 spiro atoms. The number of hydrogen-bond acceptors (Lipinski definition) is 4. The number of nitrogens with two attached hydrogens (primary N) is 1. The van der Waals surface area contributed by atoms with E-state index in [-0.39, 0.29) is 12.6 Å². The summed E-state index contributed by atoms with van der Waals surface area (Å²) >= 11 is 0. The maximum Gasteiger partial charge on any atom is 0.415 e. The van der Waals surface area contributed by atoms with Crippen molar-refractivity contribution in [2.75, 3.05) is 16.3 Å². The molecule has 2 heterocycles. The molecule has 7 heteroatoms. The fourth-order valence-corrected chi connectivity index (χ4v) is 2.79. The van der Waals surface area contributed by atoms with Gasteiger partial charge < -0.3 is 15.4 Å². The molecule has 0 aliphatic carbocycles. The molecular formula is C14H15N3O4. The van der Waals surface area contributed by atoms with E-state index in [0.29, 0.717) is 5.69 Å². The third-order valence-electron chi connectivity index (χ3n) is 3.89. The van der Waals surface area contributed by atoms with E-state index < -0.39 is 18.1 Å². The Morgan fingerprint density at radius 3 is 2.86 bits per heavy atom. The van der Waals surface area contributed by atoms with Gasteiger partial charge in [-0.05, 0) is 37.1 Å². The van der Waals surface area contributed by atoms with Gasteiger partial charge in [0.2, 0.25) is 6.41 Å². The third-order valence-corrected chi connectivity index (χ3v) is 3.89. The first kappa shape index (κ1) is 13.4. The van der Waals surface area contributed by atoms with Gasteiger partial charge in [0.1, 0.15) is 0 Å². The van der Waals surface area contributed by atoms with Crippen LogP contribution in [0.4, 0.5) is 16.2 Å². The van der Waals surface area contributed by atoms with Crippen molar-refractivity contribution in [1.29, 1.82) is 0 Å². The number of amides is 3. The SMILES string of the molecule is CC1Cc2cc(N3CC(C(N)=O)OC3=O)ccc2N1C=O. The minimum atomic E-state index is -0.920. The van der Waals surface area contributed by atoms with Gasteiger partial charge in [-0.1, -0.05) is 0 Å². The molecule has 1 aromatic rings. The monoisotopic (exact) mass is 289 g/mol. The van der Waals surface area contributed by atoms with Crippen LogP contribution in [-0.4, -0.2) is 37.1 Å². The summed E-state index contributed by atoms with van der Waals surface area (Å²) in [5.41, 5.74) is 7.63. The summed E-state index contributed by atoms with van der Waals surface area (Å²) < 4.78 is 4.92. The number of carbonyl (C=O) groups is 3. The van der Waals surface area contributed by atoms with Gasteiger partial charge in [0.15, 0.2) is 6.10 Å². The van der Waals surface area contributed by atoms with Crippen molar-refractivity contribution in [3.05, 3.63) is 23.8 Å². The summed E-state index contributed by atoms with van der Waals surface area (Å²) in [4.78, 5) is 37.0. The van der Waals surface area contributed by atoms with Gasteiger partial charge in [0.25, 0.3) is 5.91 Å². The van der Waals surface area contributed by atoms with E-state index in [4.69, 9.17) is 10.5 Å². The maximum absolute atomic E-state index is 11.8. The number of benzene rings is 1. The molecule has 1 saturated heterocycles. The average Bonchev–Trinajstić information content (AvgIpc) is 2.97. The van der Waals surface area contributed by atoms with Crippen molar-refractivity contribution in [3.63, 3.8) is 0 Å². The number of nitrogens with zero attached hydrogens (tertiary/aromatic N) is 2. The Balaban J connectivity index is 1.89. The van der Waals surface area contributed by atoms with Crippen LogP contribution in [0.15, 0.2) is 18.2 Å². The zero-order chi connectivity index (χ0) is 15.1. The molecule has 1 fully saturated rings. The van der Waals surface area contributed by atoms with Gasteiger partial charge >= 0.3 is 6.09 Å². The first-order valence-corrected chi connectivity index (χ1v) is 6.65. The Labute approximate surface area is 121 Å². The van der Waals surface area contributed by atoms with Gasteiger partial charge in [-0.25, -0.2) is 4.79 Å². The van der Waals surface area contributed by atoms with Crippen LogP contribution in [0, 0.1) is 0 Å². The summed E-state index contributed by atoms with van der Waals surface area (Å²) in [5, 5.41) is 0. The Morgan fingerprint density at radius 2 is 2.24 bits per heavy atom.